The van der Waals surface area contributed by atoms with Crippen LogP contribution in [0.15, 0.2) is 10.8 Å². The third-order valence-corrected chi connectivity index (χ3v) is 4.53. The van der Waals surface area contributed by atoms with Crippen LogP contribution >= 0.6 is 15.9 Å². The third kappa shape index (κ3) is 2.16. The van der Waals surface area contributed by atoms with Crippen LogP contribution in [0.3, 0.4) is 0 Å². The molecule has 3 rings (SSSR count). The lowest BCUT2D eigenvalue weighted by Crippen LogP contribution is -2.51. The number of hydrogen-bond acceptors (Lipinski definition) is 5. The number of aromatic nitrogens is 2. The first-order valence-electron chi connectivity index (χ1n) is 6.43. The standard InChI is InChI=1S/C12H16BrN5O/c1-14-11-10(13)12(16-7-15-11)17-4-5-18-8(6-17)2-3-9(18)19/h7-8H,2-6H2,1H3,(H,14,15,16). The molecular weight excluding hydrogens is 310 g/mol. The number of amides is 1. The van der Waals surface area contributed by atoms with E-state index >= 15 is 0 Å². The lowest BCUT2D eigenvalue weighted by molar-refractivity contribution is -0.129. The second kappa shape index (κ2) is 4.96. The van der Waals surface area contributed by atoms with E-state index in [1.165, 1.54) is 0 Å². The Morgan fingerprint density at radius 3 is 3.05 bits per heavy atom. The first-order valence-corrected chi connectivity index (χ1v) is 7.22. The van der Waals surface area contributed by atoms with Gasteiger partial charge in [-0.3, -0.25) is 4.79 Å². The van der Waals surface area contributed by atoms with Crippen LogP contribution in [-0.2, 0) is 4.79 Å². The van der Waals surface area contributed by atoms with Crippen LogP contribution in [0.4, 0.5) is 11.6 Å². The number of hydrogen-bond donors (Lipinski definition) is 1. The molecule has 0 radical (unpaired) electrons. The van der Waals surface area contributed by atoms with Gasteiger partial charge in [-0.2, -0.15) is 0 Å². The number of anilines is 2. The monoisotopic (exact) mass is 325 g/mol. The number of halogens is 1. The summed E-state index contributed by atoms with van der Waals surface area (Å²) in [4.78, 5) is 24.5. The molecule has 1 aromatic heterocycles. The highest BCUT2D eigenvalue weighted by atomic mass is 79.9. The Hall–Kier alpha value is -1.37. The van der Waals surface area contributed by atoms with E-state index in [0.29, 0.717) is 18.4 Å². The van der Waals surface area contributed by atoms with Crippen molar-refractivity contribution in [2.75, 3.05) is 36.9 Å². The van der Waals surface area contributed by atoms with Crippen LogP contribution in [0.5, 0.6) is 0 Å². The van der Waals surface area contributed by atoms with Crippen LogP contribution in [0.2, 0.25) is 0 Å². The molecule has 3 heterocycles. The Balaban J connectivity index is 1.83. The highest BCUT2D eigenvalue weighted by Crippen LogP contribution is 2.32. The number of carbonyl (C=O) groups is 1. The maximum atomic E-state index is 11.7. The zero-order valence-corrected chi connectivity index (χ0v) is 12.4. The van der Waals surface area contributed by atoms with Gasteiger partial charge >= 0.3 is 0 Å². The molecule has 1 amide bonds. The van der Waals surface area contributed by atoms with Gasteiger partial charge in [-0.25, -0.2) is 9.97 Å². The molecule has 1 unspecified atom stereocenters. The van der Waals surface area contributed by atoms with Crippen molar-refractivity contribution in [1.82, 2.24) is 14.9 Å². The predicted octanol–water partition coefficient (Wildman–Crippen LogP) is 1.09. The van der Waals surface area contributed by atoms with Crippen LogP contribution in [0.25, 0.3) is 0 Å². The zero-order valence-electron chi connectivity index (χ0n) is 10.8. The largest absolute Gasteiger partial charge is 0.372 e. The summed E-state index contributed by atoms with van der Waals surface area (Å²) in [5.74, 6) is 1.98. The summed E-state index contributed by atoms with van der Waals surface area (Å²) >= 11 is 3.55. The fraction of sp³-hybridized carbons (Fsp3) is 0.583. The molecule has 2 aliphatic rings. The van der Waals surface area contributed by atoms with Crippen molar-refractivity contribution in [3.63, 3.8) is 0 Å². The number of piperazine rings is 1. The van der Waals surface area contributed by atoms with Crippen LogP contribution in [0, 0.1) is 0 Å². The second-order valence-electron chi connectivity index (χ2n) is 4.84. The van der Waals surface area contributed by atoms with Crippen molar-refractivity contribution in [1.29, 1.82) is 0 Å². The average molecular weight is 326 g/mol. The van der Waals surface area contributed by atoms with Gasteiger partial charge in [-0.15, -0.1) is 0 Å². The second-order valence-corrected chi connectivity index (χ2v) is 5.63. The van der Waals surface area contributed by atoms with E-state index in [1.807, 2.05) is 11.9 Å². The van der Waals surface area contributed by atoms with Gasteiger partial charge in [0.1, 0.15) is 22.4 Å². The lowest BCUT2D eigenvalue weighted by atomic mass is 10.1. The summed E-state index contributed by atoms with van der Waals surface area (Å²) in [6, 6.07) is 0.334. The zero-order chi connectivity index (χ0) is 13.4. The van der Waals surface area contributed by atoms with Crippen molar-refractivity contribution >= 4 is 33.5 Å². The Kier molecular flexibility index (Phi) is 3.30. The summed E-state index contributed by atoms with van der Waals surface area (Å²) in [6.45, 7) is 2.46. The highest BCUT2D eigenvalue weighted by molar-refractivity contribution is 9.10. The SMILES string of the molecule is CNc1ncnc(N2CCN3C(=O)CCC3C2)c1Br. The van der Waals surface area contributed by atoms with Gasteiger partial charge in [0.2, 0.25) is 5.91 Å². The van der Waals surface area contributed by atoms with Crippen molar-refractivity contribution < 1.29 is 4.79 Å². The predicted molar refractivity (Wildman–Crippen MR) is 76.2 cm³/mol. The maximum absolute atomic E-state index is 11.7. The summed E-state index contributed by atoms with van der Waals surface area (Å²) < 4.78 is 0.885. The van der Waals surface area contributed by atoms with Gasteiger partial charge in [0, 0.05) is 39.1 Å². The molecule has 2 aliphatic heterocycles. The highest BCUT2D eigenvalue weighted by Gasteiger charge is 2.36. The minimum absolute atomic E-state index is 0.294. The number of carbonyl (C=O) groups excluding carboxylic acids is 1. The molecular formula is C12H16BrN5O. The van der Waals surface area contributed by atoms with E-state index in [-0.39, 0.29) is 0 Å². The molecule has 0 bridgehead atoms. The Bertz CT molecular complexity index is 509. The number of rotatable bonds is 2. The number of nitrogens with zero attached hydrogens (tertiary/aromatic N) is 4. The van der Waals surface area contributed by atoms with Gasteiger partial charge in [-0.05, 0) is 22.4 Å². The van der Waals surface area contributed by atoms with Crippen LogP contribution in [-0.4, -0.2) is 53.5 Å². The third-order valence-electron chi connectivity index (χ3n) is 3.80. The van der Waals surface area contributed by atoms with Gasteiger partial charge < -0.3 is 15.1 Å². The minimum Gasteiger partial charge on any atom is -0.372 e. The molecule has 7 heteroatoms. The van der Waals surface area contributed by atoms with Crippen LogP contribution < -0.4 is 10.2 Å². The average Bonchev–Trinajstić information content (AvgIpc) is 2.80. The van der Waals surface area contributed by atoms with E-state index in [4.69, 9.17) is 0 Å². The fourth-order valence-electron chi connectivity index (χ4n) is 2.81. The van der Waals surface area contributed by atoms with Gasteiger partial charge in [0.25, 0.3) is 0 Å². The molecule has 1 atom stereocenters. The molecule has 0 aromatic carbocycles. The summed E-state index contributed by atoms with van der Waals surface area (Å²) in [7, 11) is 1.84. The van der Waals surface area contributed by atoms with E-state index in [2.05, 4.69) is 36.1 Å². The van der Waals surface area contributed by atoms with E-state index in [9.17, 15) is 4.79 Å². The topological polar surface area (TPSA) is 61.4 Å². The van der Waals surface area contributed by atoms with Crippen molar-refractivity contribution in [2.45, 2.75) is 18.9 Å². The first-order chi connectivity index (χ1) is 9.20. The van der Waals surface area contributed by atoms with Crippen LogP contribution in [0.1, 0.15) is 12.8 Å². The quantitative estimate of drug-likeness (QED) is 0.882. The molecule has 0 spiro atoms. The molecule has 2 saturated heterocycles. The molecule has 19 heavy (non-hydrogen) atoms. The Morgan fingerprint density at radius 2 is 2.26 bits per heavy atom. The van der Waals surface area contributed by atoms with Gasteiger partial charge in [-0.1, -0.05) is 0 Å². The maximum Gasteiger partial charge on any atom is 0.223 e. The molecule has 102 valence electrons. The normalized spacial score (nSPS) is 22.6. The smallest absolute Gasteiger partial charge is 0.223 e. The van der Waals surface area contributed by atoms with E-state index < -0.39 is 0 Å². The van der Waals surface area contributed by atoms with Gasteiger partial charge in [0.15, 0.2) is 0 Å². The molecule has 1 aromatic rings. The van der Waals surface area contributed by atoms with E-state index in [0.717, 1.165) is 42.2 Å². The summed E-state index contributed by atoms with van der Waals surface area (Å²) in [6.07, 6.45) is 3.21. The fourth-order valence-corrected chi connectivity index (χ4v) is 3.47. The number of fused-ring (bicyclic) bond motifs is 1. The van der Waals surface area contributed by atoms with Gasteiger partial charge in [0.05, 0.1) is 0 Å². The van der Waals surface area contributed by atoms with Crippen molar-refractivity contribution in [2.24, 2.45) is 0 Å². The Morgan fingerprint density at radius 1 is 1.42 bits per heavy atom. The van der Waals surface area contributed by atoms with Crippen molar-refractivity contribution in [3.8, 4) is 0 Å². The first kappa shape index (κ1) is 12.7. The molecule has 2 fully saturated rings. The van der Waals surface area contributed by atoms with E-state index in [1.54, 1.807) is 6.33 Å². The van der Waals surface area contributed by atoms with Crippen molar-refractivity contribution in [3.05, 3.63) is 10.8 Å². The molecule has 1 N–H and O–H groups in total. The number of nitrogens with one attached hydrogen (secondary N) is 1. The molecule has 0 saturated carbocycles. The molecule has 6 nitrogen and oxygen atoms in total. The molecule has 0 aliphatic carbocycles. The minimum atomic E-state index is 0.294. The summed E-state index contributed by atoms with van der Waals surface area (Å²) in [5.41, 5.74) is 0. The Labute approximate surface area is 120 Å². The lowest BCUT2D eigenvalue weighted by Gasteiger charge is -2.38. The summed E-state index contributed by atoms with van der Waals surface area (Å²) in [5, 5.41) is 3.04.